The summed E-state index contributed by atoms with van der Waals surface area (Å²) in [5.74, 6) is 0.986. The molecule has 0 aliphatic carbocycles. The molecule has 28 heavy (non-hydrogen) atoms. The number of carbonyl (C=O) groups excluding carboxylic acids is 1. The Hall–Kier alpha value is -3.39. The maximum absolute atomic E-state index is 12.1. The number of esters is 1. The molecule has 1 aliphatic heterocycles. The van der Waals surface area contributed by atoms with Crippen LogP contribution in [0.25, 0.3) is 11.8 Å². The number of benzene rings is 2. The molecule has 4 rings (SSSR count). The molecule has 2 heterocycles. The van der Waals surface area contributed by atoms with Gasteiger partial charge in [-0.3, -0.25) is 0 Å². The minimum atomic E-state index is -0.515. The van der Waals surface area contributed by atoms with Crippen molar-refractivity contribution in [3.63, 3.8) is 0 Å². The second-order valence-electron chi connectivity index (χ2n) is 5.88. The molecule has 0 fully saturated rings. The van der Waals surface area contributed by atoms with Gasteiger partial charge in [0, 0.05) is 12.5 Å². The van der Waals surface area contributed by atoms with Crippen molar-refractivity contribution in [1.29, 1.82) is 0 Å². The van der Waals surface area contributed by atoms with Crippen molar-refractivity contribution >= 4 is 23.6 Å². The first kappa shape index (κ1) is 18.0. The molecular formula is C19H15ClN4O4. The summed E-state index contributed by atoms with van der Waals surface area (Å²) in [6.07, 6.45) is 5.20. The SMILES string of the molecule is O=C(C=Cc1cc(Cl)c2c(c1)OCCCO2)Oc1ccc(-n2cnnn2)cc1. The van der Waals surface area contributed by atoms with Crippen LogP contribution in [-0.4, -0.2) is 39.4 Å². The fourth-order valence-corrected chi connectivity index (χ4v) is 2.88. The molecule has 8 nitrogen and oxygen atoms in total. The summed E-state index contributed by atoms with van der Waals surface area (Å²) >= 11 is 6.25. The van der Waals surface area contributed by atoms with Crippen LogP contribution in [0.3, 0.4) is 0 Å². The summed E-state index contributed by atoms with van der Waals surface area (Å²) in [7, 11) is 0. The molecule has 0 atom stereocenters. The van der Waals surface area contributed by atoms with Crippen LogP contribution in [-0.2, 0) is 4.79 Å². The van der Waals surface area contributed by atoms with E-state index in [0.29, 0.717) is 41.0 Å². The number of ether oxygens (including phenoxy) is 3. The van der Waals surface area contributed by atoms with Crippen molar-refractivity contribution in [2.24, 2.45) is 0 Å². The van der Waals surface area contributed by atoms with Crippen molar-refractivity contribution in [3.05, 3.63) is 59.4 Å². The second kappa shape index (κ2) is 8.10. The maximum atomic E-state index is 12.1. The summed E-state index contributed by atoms with van der Waals surface area (Å²) in [5, 5.41) is 11.4. The van der Waals surface area contributed by atoms with Gasteiger partial charge in [-0.25, -0.2) is 9.48 Å². The molecule has 0 unspecified atom stereocenters. The molecule has 3 aromatic rings. The van der Waals surface area contributed by atoms with E-state index in [2.05, 4.69) is 15.5 Å². The van der Waals surface area contributed by atoms with Crippen LogP contribution in [0.2, 0.25) is 5.02 Å². The number of rotatable bonds is 4. The Morgan fingerprint density at radius 1 is 1.18 bits per heavy atom. The Morgan fingerprint density at radius 2 is 2.00 bits per heavy atom. The van der Waals surface area contributed by atoms with E-state index in [9.17, 15) is 4.79 Å². The quantitative estimate of drug-likeness (QED) is 0.379. The van der Waals surface area contributed by atoms with E-state index in [0.717, 1.165) is 12.1 Å². The topological polar surface area (TPSA) is 88.4 Å². The van der Waals surface area contributed by atoms with Gasteiger partial charge < -0.3 is 14.2 Å². The lowest BCUT2D eigenvalue weighted by molar-refractivity contribution is -0.128. The van der Waals surface area contributed by atoms with Crippen molar-refractivity contribution in [2.75, 3.05) is 13.2 Å². The number of hydrogen-bond acceptors (Lipinski definition) is 7. The van der Waals surface area contributed by atoms with Gasteiger partial charge in [-0.05, 0) is 58.5 Å². The minimum absolute atomic E-state index is 0.406. The van der Waals surface area contributed by atoms with Crippen molar-refractivity contribution in [1.82, 2.24) is 20.2 Å². The van der Waals surface area contributed by atoms with Gasteiger partial charge in [0.1, 0.15) is 12.1 Å². The molecule has 142 valence electrons. The number of fused-ring (bicyclic) bond motifs is 1. The van der Waals surface area contributed by atoms with Gasteiger partial charge >= 0.3 is 5.97 Å². The lowest BCUT2D eigenvalue weighted by Gasteiger charge is -2.10. The molecule has 0 bridgehead atoms. The van der Waals surface area contributed by atoms with E-state index < -0.39 is 5.97 Å². The normalized spacial score (nSPS) is 13.3. The van der Waals surface area contributed by atoms with E-state index >= 15 is 0 Å². The van der Waals surface area contributed by atoms with E-state index in [4.69, 9.17) is 25.8 Å². The van der Waals surface area contributed by atoms with E-state index in [1.807, 2.05) is 0 Å². The van der Waals surface area contributed by atoms with Gasteiger partial charge in [-0.2, -0.15) is 0 Å². The van der Waals surface area contributed by atoms with Gasteiger partial charge in [0.15, 0.2) is 11.5 Å². The Bertz CT molecular complexity index is 1000. The number of nitrogens with zero attached hydrogens (tertiary/aromatic N) is 4. The third-order valence-corrected chi connectivity index (χ3v) is 4.19. The highest BCUT2D eigenvalue weighted by atomic mass is 35.5. The molecular weight excluding hydrogens is 384 g/mol. The lowest BCUT2D eigenvalue weighted by atomic mass is 10.2. The fourth-order valence-electron chi connectivity index (χ4n) is 2.61. The molecule has 0 saturated carbocycles. The minimum Gasteiger partial charge on any atom is -0.489 e. The summed E-state index contributed by atoms with van der Waals surface area (Å²) in [6, 6.07) is 10.3. The molecule has 0 radical (unpaired) electrons. The van der Waals surface area contributed by atoms with Gasteiger partial charge in [-0.1, -0.05) is 11.6 Å². The van der Waals surface area contributed by atoms with E-state index in [-0.39, 0.29) is 0 Å². The first-order valence-electron chi connectivity index (χ1n) is 8.51. The van der Waals surface area contributed by atoms with Gasteiger partial charge in [-0.15, -0.1) is 5.10 Å². The fraction of sp³-hybridized carbons (Fsp3) is 0.158. The van der Waals surface area contributed by atoms with Crippen LogP contribution in [0, 0.1) is 0 Å². The molecule has 0 spiro atoms. The zero-order valence-corrected chi connectivity index (χ0v) is 15.4. The monoisotopic (exact) mass is 398 g/mol. The van der Waals surface area contributed by atoms with Crippen LogP contribution in [0.15, 0.2) is 48.8 Å². The van der Waals surface area contributed by atoms with Crippen LogP contribution < -0.4 is 14.2 Å². The first-order valence-corrected chi connectivity index (χ1v) is 8.89. The predicted molar refractivity (Wildman–Crippen MR) is 101 cm³/mol. The van der Waals surface area contributed by atoms with Crippen LogP contribution >= 0.6 is 11.6 Å². The summed E-state index contributed by atoms with van der Waals surface area (Å²) < 4.78 is 18.0. The number of carbonyl (C=O) groups is 1. The van der Waals surface area contributed by atoms with Crippen LogP contribution in [0.5, 0.6) is 17.2 Å². The third-order valence-electron chi connectivity index (χ3n) is 3.91. The Kier molecular flexibility index (Phi) is 5.20. The molecule has 0 N–H and O–H groups in total. The molecule has 0 saturated heterocycles. The summed E-state index contributed by atoms with van der Waals surface area (Å²) in [5.41, 5.74) is 1.46. The lowest BCUT2D eigenvalue weighted by Crippen LogP contribution is -2.04. The Balaban J connectivity index is 1.43. The highest BCUT2D eigenvalue weighted by Gasteiger charge is 2.15. The zero-order valence-electron chi connectivity index (χ0n) is 14.6. The third kappa shape index (κ3) is 4.12. The average Bonchev–Trinajstić information content (AvgIpc) is 3.12. The predicted octanol–water partition coefficient (Wildman–Crippen LogP) is 3.10. The van der Waals surface area contributed by atoms with Crippen LogP contribution in [0.4, 0.5) is 0 Å². The first-order chi connectivity index (χ1) is 13.7. The van der Waals surface area contributed by atoms with Gasteiger partial charge in [0.05, 0.1) is 23.9 Å². The molecule has 1 aromatic heterocycles. The van der Waals surface area contributed by atoms with Gasteiger partial charge in [0.25, 0.3) is 0 Å². The highest BCUT2D eigenvalue weighted by molar-refractivity contribution is 6.32. The summed E-state index contributed by atoms with van der Waals surface area (Å²) in [6.45, 7) is 1.11. The molecule has 1 aliphatic rings. The van der Waals surface area contributed by atoms with Crippen molar-refractivity contribution < 1.29 is 19.0 Å². The van der Waals surface area contributed by atoms with Crippen molar-refractivity contribution in [2.45, 2.75) is 6.42 Å². The number of tetrazole rings is 1. The Morgan fingerprint density at radius 3 is 2.79 bits per heavy atom. The standard InChI is InChI=1S/C19H15ClN4O4/c20-16-10-13(11-17-19(16)27-9-1-8-26-17)2-7-18(25)28-15-5-3-14(4-6-15)24-12-21-22-23-24/h2-7,10-12H,1,8-9H2. The number of hydrogen-bond donors (Lipinski definition) is 0. The number of halogens is 1. The maximum Gasteiger partial charge on any atom is 0.336 e. The zero-order chi connectivity index (χ0) is 19.3. The largest absolute Gasteiger partial charge is 0.489 e. The molecule has 0 amide bonds. The van der Waals surface area contributed by atoms with E-state index in [1.165, 1.54) is 17.1 Å². The van der Waals surface area contributed by atoms with E-state index in [1.54, 1.807) is 42.5 Å². The molecule has 9 heteroatoms. The summed E-state index contributed by atoms with van der Waals surface area (Å²) in [4.78, 5) is 12.1. The van der Waals surface area contributed by atoms with Crippen molar-refractivity contribution in [3.8, 4) is 22.9 Å². The average molecular weight is 399 g/mol. The smallest absolute Gasteiger partial charge is 0.336 e. The Labute approximate surface area is 165 Å². The van der Waals surface area contributed by atoms with Gasteiger partial charge in [0.2, 0.25) is 0 Å². The second-order valence-corrected chi connectivity index (χ2v) is 6.29. The number of aromatic nitrogens is 4. The van der Waals surface area contributed by atoms with Crippen LogP contribution in [0.1, 0.15) is 12.0 Å². The highest BCUT2D eigenvalue weighted by Crippen LogP contribution is 2.38. The molecule has 2 aromatic carbocycles.